The van der Waals surface area contributed by atoms with Gasteiger partial charge in [-0.25, -0.2) is 9.37 Å². The van der Waals surface area contributed by atoms with Crippen LogP contribution in [0.2, 0.25) is 0 Å². The molecule has 5 nitrogen and oxygen atoms in total. The molecule has 26 heavy (non-hydrogen) atoms. The Labute approximate surface area is 149 Å². The molecule has 0 saturated heterocycles. The molecule has 1 aliphatic rings. The second kappa shape index (κ2) is 6.70. The first-order chi connectivity index (χ1) is 12.7. The van der Waals surface area contributed by atoms with E-state index in [1.807, 2.05) is 23.1 Å². The first kappa shape index (κ1) is 16.4. The molecule has 130 valence electrons. The number of aromatic nitrogens is 2. The van der Waals surface area contributed by atoms with Crippen molar-refractivity contribution in [1.29, 1.82) is 5.26 Å². The van der Waals surface area contributed by atoms with Crippen LogP contribution in [0, 0.1) is 17.1 Å². The first-order valence-corrected chi connectivity index (χ1v) is 8.54. The monoisotopic (exact) mass is 348 g/mol. The summed E-state index contributed by atoms with van der Waals surface area (Å²) in [5, 5.41) is 9.45. The van der Waals surface area contributed by atoms with Crippen LogP contribution >= 0.6 is 0 Å². The predicted octanol–water partition coefficient (Wildman–Crippen LogP) is 2.58. The molecule has 0 fully saturated rings. The molecule has 0 saturated carbocycles. The van der Waals surface area contributed by atoms with Crippen molar-refractivity contribution in [2.45, 2.75) is 13.0 Å². The zero-order chi connectivity index (χ0) is 18.1. The summed E-state index contributed by atoms with van der Waals surface area (Å²) in [6, 6.07) is 14.0. The Morgan fingerprint density at radius 2 is 1.96 bits per heavy atom. The van der Waals surface area contributed by atoms with Gasteiger partial charge in [0.05, 0.1) is 23.5 Å². The Morgan fingerprint density at radius 1 is 1.12 bits per heavy atom. The summed E-state index contributed by atoms with van der Waals surface area (Å²) in [5.41, 5.74) is 2.14. The van der Waals surface area contributed by atoms with Gasteiger partial charge in [0, 0.05) is 26.1 Å². The van der Waals surface area contributed by atoms with Crippen LogP contribution in [-0.2, 0) is 13.0 Å². The van der Waals surface area contributed by atoms with E-state index in [9.17, 15) is 9.18 Å². The van der Waals surface area contributed by atoms with Crippen molar-refractivity contribution >= 4 is 10.9 Å². The third kappa shape index (κ3) is 2.98. The summed E-state index contributed by atoms with van der Waals surface area (Å²) in [6.45, 7) is 2.25. The summed E-state index contributed by atoms with van der Waals surface area (Å²) < 4.78 is 15.2. The molecule has 1 aliphatic heterocycles. The number of nitriles is 1. The molecule has 0 amide bonds. The minimum absolute atomic E-state index is 0.0606. The lowest BCUT2D eigenvalue weighted by atomic mass is 10.0. The van der Waals surface area contributed by atoms with Crippen LogP contribution in [0.3, 0.4) is 0 Å². The Kier molecular flexibility index (Phi) is 4.23. The lowest BCUT2D eigenvalue weighted by Gasteiger charge is -2.14. The maximum atomic E-state index is 13.5. The van der Waals surface area contributed by atoms with E-state index in [2.05, 4.69) is 6.07 Å². The van der Waals surface area contributed by atoms with Gasteiger partial charge in [-0.2, -0.15) is 5.26 Å². The van der Waals surface area contributed by atoms with Gasteiger partial charge in [-0.3, -0.25) is 14.3 Å². The minimum atomic E-state index is -0.296. The van der Waals surface area contributed by atoms with E-state index >= 15 is 0 Å². The van der Waals surface area contributed by atoms with Gasteiger partial charge in [-0.15, -0.1) is 0 Å². The maximum absolute atomic E-state index is 13.5. The minimum Gasteiger partial charge on any atom is -0.295 e. The third-order valence-electron chi connectivity index (χ3n) is 4.78. The van der Waals surface area contributed by atoms with Crippen LogP contribution < -0.4 is 5.56 Å². The molecule has 0 unspecified atom stereocenters. The van der Waals surface area contributed by atoms with Crippen LogP contribution in [-0.4, -0.2) is 34.1 Å². The van der Waals surface area contributed by atoms with Crippen LogP contribution in [0.4, 0.5) is 4.39 Å². The van der Waals surface area contributed by atoms with E-state index in [4.69, 9.17) is 10.2 Å². The molecule has 0 radical (unpaired) electrons. The van der Waals surface area contributed by atoms with E-state index in [0.717, 1.165) is 17.0 Å². The third-order valence-corrected chi connectivity index (χ3v) is 4.78. The summed E-state index contributed by atoms with van der Waals surface area (Å²) >= 11 is 0. The Bertz CT molecular complexity index is 1080. The molecular formula is C20H17FN4O. The van der Waals surface area contributed by atoms with Gasteiger partial charge in [-0.05, 0) is 35.4 Å². The largest absolute Gasteiger partial charge is 0.295 e. The van der Waals surface area contributed by atoms with Crippen LogP contribution in [0.1, 0.15) is 5.82 Å². The highest BCUT2D eigenvalue weighted by Crippen LogP contribution is 2.23. The number of halogens is 1. The van der Waals surface area contributed by atoms with Crippen molar-refractivity contribution in [3.8, 4) is 17.2 Å². The van der Waals surface area contributed by atoms with Gasteiger partial charge >= 0.3 is 0 Å². The standard InChI is InChI=1S/C20H17FN4O/c21-16-3-1-2-14(12-16)15-4-5-17-18(13-15)23-19-6-8-24(9-7-22)10-11-25(19)20(17)26/h1-5,12-13H,6,8-11H2. The van der Waals surface area contributed by atoms with Crippen LogP contribution in [0.5, 0.6) is 0 Å². The fourth-order valence-electron chi connectivity index (χ4n) is 3.41. The molecule has 2 heterocycles. The van der Waals surface area contributed by atoms with Crippen molar-refractivity contribution in [1.82, 2.24) is 14.5 Å². The highest BCUT2D eigenvalue weighted by atomic mass is 19.1. The number of benzene rings is 2. The zero-order valence-corrected chi connectivity index (χ0v) is 14.2. The van der Waals surface area contributed by atoms with Gasteiger partial charge in [-0.1, -0.05) is 18.2 Å². The predicted molar refractivity (Wildman–Crippen MR) is 97.2 cm³/mol. The summed E-state index contributed by atoms with van der Waals surface area (Å²) in [4.78, 5) is 19.6. The fraction of sp³-hybridized carbons (Fsp3) is 0.250. The SMILES string of the molecule is N#CCN1CCc2nc3cc(-c4cccc(F)c4)ccc3c(=O)n2CC1. The molecule has 0 bridgehead atoms. The van der Waals surface area contributed by atoms with Crippen molar-refractivity contribution in [2.75, 3.05) is 19.6 Å². The van der Waals surface area contributed by atoms with Gasteiger partial charge in [0.25, 0.3) is 5.56 Å². The Balaban J connectivity index is 1.79. The molecular weight excluding hydrogens is 331 g/mol. The molecule has 2 aromatic carbocycles. The number of nitrogens with zero attached hydrogens (tertiary/aromatic N) is 4. The topological polar surface area (TPSA) is 61.9 Å². The van der Waals surface area contributed by atoms with Crippen LogP contribution in [0.15, 0.2) is 47.3 Å². The van der Waals surface area contributed by atoms with E-state index in [-0.39, 0.29) is 11.4 Å². The lowest BCUT2D eigenvalue weighted by molar-refractivity contribution is 0.312. The van der Waals surface area contributed by atoms with Gasteiger partial charge in [0.15, 0.2) is 0 Å². The average molecular weight is 348 g/mol. The highest BCUT2D eigenvalue weighted by Gasteiger charge is 2.17. The quantitative estimate of drug-likeness (QED) is 0.668. The Hall–Kier alpha value is -3.04. The first-order valence-electron chi connectivity index (χ1n) is 8.54. The van der Waals surface area contributed by atoms with E-state index in [1.165, 1.54) is 12.1 Å². The fourth-order valence-corrected chi connectivity index (χ4v) is 3.41. The van der Waals surface area contributed by atoms with Crippen LogP contribution in [0.25, 0.3) is 22.0 Å². The van der Waals surface area contributed by atoms with E-state index < -0.39 is 0 Å². The molecule has 6 heteroatoms. The molecule has 0 N–H and O–H groups in total. The second-order valence-electron chi connectivity index (χ2n) is 6.41. The summed E-state index contributed by atoms with van der Waals surface area (Å²) in [6.07, 6.45) is 0.622. The normalized spacial score (nSPS) is 14.6. The maximum Gasteiger partial charge on any atom is 0.261 e. The number of rotatable bonds is 2. The molecule has 4 rings (SSSR count). The van der Waals surface area contributed by atoms with E-state index in [0.29, 0.717) is 43.5 Å². The molecule has 0 spiro atoms. The number of hydrogen-bond donors (Lipinski definition) is 0. The van der Waals surface area contributed by atoms with Gasteiger partial charge < -0.3 is 0 Å². The van der Waals surface area contributed by atoms with Gasteiger partial charge in [0.2, 0.25) is 0 Å². The average Bonchev–Trinajstić information content (AvgIpc) is 2.85. The van der Waals surface area contributed by atoms with Gasteiger partial charge in [0.1, 0.15) is 11.6 Å². The summed E-state index contributed by atoms with van der Waals surface area (Å²) in [7, 11) is 0. The zero-order valence-electron chi connectivity index (χ0n) is 14.2. The van der Waals surface area contributed by atoms with Crippen molar-refractivity contribution in [2.24, 2.45) is 0 Å². The smallest absolute Gasteiger partial charge is 0.261 e. The lowest BCUT2D eigenvalue weighted by Crippen LogP contribution is -2.29. The molecule has 0 atom stereocenters. The highest BCUT2D eigenvalue weighted by molar-refractivity contribution is 5.83. The van der Waals surface area contributed by atoms with E-state index in [1.54, 1.807) is 16.7 Å². The summed E-state index contributed by atoms with van der Waals surface area (Å²) in [5.74, 6) is 0.439. The molecule has 3 aromatic rings. The molecule has 0 aliphatic carbocycles. The number of fused-ring (bicyclic) bond motifs is 2. The van der Waals surface area contributed by atoms with Crippen molar-refractivity contribution < 1.29 is 4.39 Å². The van der Waals surface area contributed by atoms with Crippen molar-refractivity contribution in [3.63, 3.8) is 0 Å². The molecule has 1 aromatic heterocycles. The second-order valence-corrected chi connectivity index (χ2v) is 6.41. The van der Waals surface area contributed by atoms with Crippen molar-refractivity contribution in [3.05, 3.63) is 64.5 Å². The Morgan fingerprint density at radius 3 is 2.77 bits per heavy atom. The number of hydrogen-bond acceptors (Lipinski definition) is 4.